The van der Waals surface area contributed by atoms with Gasteiger partial charge in [0, 0.05) is 24.5 Å². The van der Waals surface area contributed by atoms with Gasteiger partial charge < -0.3 is 4.90 Å². The van der Waals surface area contributed by atoms with Crippen LogP contribution in [0.3, 0.4) is 0 Å². The summed E-state index contributed by atoms with van der Waals surface area (Å²) < 4.78 is 28.9. The Kier molecular flexibility index (Phi) is 4.97. The molecule has 4 rings (SSSR count). The van der Waals surface area contributed by atoms with Gasteiger partial charge in [-0.25, -0.2) is 8.42 Å². The fourth-order valence-corrected chi connectivity index (χ4v) is 7.59. The highest BCUT2D eigenvalue weighted by molar-refractivity contribution is 7.92. The first kappa shape index (κ1) is 20.7. The van der Waals surface area contributed by atoms with E-state index in [9.17, 15) is 18.0 Å². The molecule has 2 bridgehead atoms. The van der Waals surface area contributed by atoms with Gasteiger partial charge in [0.1, 0.15) is 5.78 Å². The number of halogens is 1. The number of anilines is 1. The van der Waals surface area contributed by atoms with E-state index in [-0.39, 0.29) is 34.5 Å². The number of carbonyl (C=O) groups excluding carboxylic acids is 2. The predicted molar refractivity (Wildman–Crippen MR) is 113 cm³/mol. The highest BCUT2D eigenvalue weighted by Crippen LogP contribution is 2.64. The van der Waals surface area contributed by atoms with Crippen LogP contribution >= 0.6 is 11.6 Å². The van der Waals surface area contributed by atoms with Gasteiger partial charge in [-0.2, -0.15) is 0 Å². The molecule has 2 unspecified atom stereocenters. The largest absolute Gasteiger partial charge is 0.339 e. The van der Waals surface area contributed by atoms with Crippen LogP contribution in [0.15, 0.2) is 18.2 Å². The summed E-state index contributed by atoms with van der Waals surface area (Å²) in [5, 5.41) is 0.344. The molecular weight excluding hydrogens is 412 g/mol. The minimum atomic E-state index is -3.86. The lowest BCUT2D eigenvalue weighted by Crippen LogP contribution is -2.43. The van der Waals surface area contributed by atoms with Crippen LogP contribution in [0.2, 0.25) is 5.02 Å². The molecule has 0 radical (unpaired) electrons. The third-order valence-corrected chi connectivity index (χ3v) is 9.09. The first-order chi connectivity index (χ1) is 13.6. The third kappa shape index (κ3) is 3.36. The standard InChI is InChI=1S/C21H27ClN2O4S/c1-20(2)14-7-8-21(20,18(25)11-14)13-29(27,28)23-17-12-15(22)5-6-16(17)19(26)24-9-3-4-10-24/h5-6,12,14,23H,3-4,7-11,13H2,1-2H3. The SMILES string of the molecule is CC1(C)C2CCC1(CS(=O)(=O)Nc1cc(Cl)ccc1C(=O)N1CCCC1)C(=O)C2. The van der Waals surface area contributed by atoms with E-state index in [0.29, 0.717) is 36.5 Å². The monoisotopic (exact) mass is 438 g/mol. The summed E-state index contributed by atoms with van der Waals surface area (Å²) in [5.74, 6) is -0.174. The molecule has 2 atom stereocenters. The van der Waals surface area contributed by atoms with Gasteiger partial charge in [0.05, 0.1) is 22.4 Å². The average Bonchev–Trinajstić information content (AvgIpc) is 3.28. The molecule has 0 spiro atoms. The highest BCUT2D eigenvalue weighted by atomic mass is 35.5. The smallest absolute Gasteiger partial charge is 0.255 e. The van der Waals surface area contributed by atoms with Gasteiger partial charge in [-0.15, -0.1) is 0 Å². The van der Waals surface area contributed by atoms with E-state index in [1.807, 2.05) is 13.8 Å². The highest BCUT2D eigenvalue weighted by Gasteiger charge is 2.65. The average molecular weight is 439 g/mol. The van der Waals surface area contributed by atoms with Crippen LogP contribution in [0.4, 0.5) is 5.69 Å². The predicted octanol–water partition coefficient (Wildman–Crippen LogP) is 3.71. The first-order valence-electron chi connectivity index (χ1n) is 10.2. The Morgan fingerprint density at radius 1 is 1.28 bits per heavy atom. The quantitative estimate of drug-likeness (QED) is 0.759. The Hall–Kier alpha value is -1.60. The lowest BCUT2D eigenvalue weighted by molar-refractivity contribution is -0.128. The second-order valence-electron chi connectivity index (χ2n) is 9.22. The summed E-state index contributed by atoms with van der Waals surface area (Å²) in [5.41, 5.74) is -0.731. The van der Waals surface area contributed by atoms with Crippen LogP contribution in [-0.4, -0.2) is 43.9 Å². The maximum atomic E-state index is 13.1. The summed E-state index contributed by atoms with van der Waals surface area (Å²) >= 11 is 6.10. The van der Waals surface area contributed by atoms with Crippen molar-refractivity contribution in [1.29, 1.82) is 0 Å². The van der Waals surface area contributed by atoms with E-state index in [1.165, 1.54) is 6.07 Å². The molecule has 1 aromatic carbocycles. The number of hydrogen-bond acceptors (Lipinski definition) is 4. The number of fused-ring (bicyclic) bond motifs is 2. The number of amides is 1. The minimum Gasteiger partial charge on any atom is -0.339 e. The number of carbonyl (C=O) groups is 2. The van der Waals surface area contributed by atoms with Crippen molar-refractivity contribution in [3.8, 4) is 0 Å². The lowest BCUT2D eigenvalue weighted by Gasteiger charge is -2.36. The Balaban J connectivity index is 1.63. The Bertz CT molecular complexity index is 969. The van der Waals surface area contributed by atoms with Gasteiger partial charge in [-0.3, -0.25) is 14.3 Å². The zero-order valence-electron chi connectivity index (χ0n) is 16.8. The van der Waals surface area contributed by atoms with Crippen molar-refractivity contribution in [3.05, 3.63) is 28.8 Å². The zero-order valence-corrected chi connectivity index (χ0v) is 18.4. The van der Waals surface area contributed by atoms with Gasteiger partial charge in [0.15, 0.2) is 0 Å². The summed E-state index contributed by atoms with van der Waals surface area (Å²) in [6, 6.07) is 4.63. The van der Waals surface area contributed by atoms with Crippen molar-refractivity contribution in [2.45, 2.75) is 46.0 Å². The van der Waals surface area contributed by atoms with Gasteiger partial charge in [0.25, 0.3) is 5.91 Å². The number of likely N-dealkylation sites (tertiary alicyclic amines) is 1. The summed E-state index contributed by atoms with van der Waals surface area (Å²) in [4.78, 5) is 27.3. The van der Waals surface area contributed by atoms with Crippen LogP contribution in [0.5, 0.6) is 0 Å². The third-order valence-electron chi connectivity index (χ3n) is 7.45. The van der Waals surface area contributed by atoms with Crippen LogP contribution in [0.1, 0.15) is 56.3 Å². The lowest BCUT2D eigenvalue weighted by atomic mass is 9.70. The van der Waals surface area contributed by atoms with Crippen molar-refractivity contribution in [1.82, 2.24) is 4.90 Å². The molecule has 3 aliphatic rings. The van der Waals surface area contributed by atoms with E-state index in [4.69, 9.17) is 11.6 Å². The van der Waals surface area contributed by atoms with Crippen LogP contribution in [0, 0.1) is 16.7 Å². The summed E-state index contributed by atoms with van der Waals surface area (Å²) in [6.45, 7) is 5.35. The zero-order chi connectivity index (χ0) is 21.0. The summed E-state index contributed by atoms with van der Waals surface area (Å²) in [7, 11) is -3.86. The van der Waals surface area contributed by atoms with E-state index in [2.05, 4.69) is 4.72 Å². The van der Waals surface area contributed by atoms with Crippen molar-refractivity contribution in [2.75, 3.05) is 23.6 Å². The number of nitrogens with one attached hydrogen (secondary N) is 1. The van der Waals surface area contributed by atoms with Gasteiger partial charge in [-0.05, 0) is 55.2 Å². The number of sulfonamides is 1. The molecule has 1 aromatic rings. The molecule has 2 aliphatic carbocycles. The molecule has 1 aliphatic heterocycles. The topological polar surface area (TPSA) is 83.6 Å². The van der Waals surface area contributed by atoms with Gasteiger partial charge in [0.2, 0.25) is 10.0 Å². The van der Waals surface area contributed by atoms with Crippen LogP contribution < -0.4 is 4.72 Å². The Morgan fingerprint density at radius 2 is 1.97 bits per heavy atom. The minimum absolute atomic E-state index is 0.0450. The normalized spacial score (nSPS) is 28.2. The molecule has 29 heavy (non-hydrogen) atoms. The van der Waals surface area contributed by atoms with E-state index < -0.39 is 15.4 Å². The van der Waals surface area contributed by atoms with Crippen molar-refractivity contribution < 1.29 is 18.0 Å². The molecule has 6 nitrogen and oxygen atoms in total. The molecule has 2 saturated carbocycles. The molecule has 3 fully saturated rings. The number of hydrogen-bond donors (Lipinski definition) is 1. The molecule has 1 saturated heterocycles. The van der Waals surface area contributed by atoms with Crippen molar-refractivity contribution in [3.63, 3.8) is 0 Å². The summed E-state index contributed by atoms with van der Waals surface area (Å²) in [6.07, 6.45) is 3.82. The molecule has 1 N–H and O–H groups in total. The number of rotatable bonds is 5. The Labute approximate surface area is 177 Å². The molecule has 1 heterocycles. The van der Waals surface area contributed by atoms with Gasteiger partial charge in [-0.1, -0.05) is 25.4 Å². The number of ketones is 1. The first-order valence-corrected chi connectivity index (χ1v) is 12.2. The fourth-order valence-electron chi connectivity index (χ4n) is 5.51. The van der Waals surface area contributed by atoms with Crippen molar-refractivity contribution in [2.24, 2.45) is 16.7 Å². The van der Waals surface area contributed by atoms with Crippen LogP contribution in [-0.2, 0) is 14.8 Å². The number of benzene rings is 1. The maximum Gasteiger partial charge on any atom is 0.255 e. The molecular formula is C21H27ClN2O4S. The maximum absolute atomic E-state index is 13.1. The molecule has 8 heteroatoms. The second-order valence-corrected chi connectivity index (χ2v) is 11.4. The van der Waals surface area contributed by atoms with Gasteiger partial charge >= 0.3 is 0 Å². The van der Waals surface area contributed by atoms with E-state index in [1.54, 1.807) is 17.0 Å². The van der Waals surface area contributed by atoms with E-state index in [0.717, 1.165) is 19.3 Å². The van der Waals surface area contributed by atoms with Crippen molar-refractivity contribution >= 4 is 39.0 Å². The second kappa shape index (κ2) is 6.98. The Morgan fingerprint density at radius 3 is 2.55 bits per heavy atom. The molecule has 1 amide bonds. The number of Topliss-reactive ketones (excluding diaryl/α,β-unsaturated/α-hetero) is 1. The molecule has 158 valence electrons. The molecule has 0 aromatic heterocycles. The van der Waals surface area contributed by atoms with Crippen LogP contribution in [0.25, 0.3) is 0 Å². The number of nitrogens with zero attached hydrogens (tertiary/aromatic N) is 1. The van der Waals surface area contributed by atoms with E-state index >= 15 is 0 Å². The fraction of sp³-hybridized carbons (Fsp3) is 0.619.